The molecule has 0 spiro atoms. The van der Waals surface area contributed by atoms with Crippen LogP contribution in [0.25, 0.3) is 0 Å². The van der Waals surface area contributed by atoms with Gasteiger partial charge in [0.15, 0.2) is 5.96 Å². The number of halogens is 1. The van der Waals surface area contributed by atoms with Crippen LogP contribution >= 0.6 is 24.0 Å². The summed E-state index contributed by atoms with van der Waals surface area (Å²) < 4.78 is 22.3. The zero-order chi connectivity index (χ0) is 15.2. The van der Waals surface area contributed by atoms with E-state index in [1.54, 1.807) is 7.05 Å². The molecule has 0 radical (unpaired) electrons. The predicted octanol–water partition coefficient (Wildman–Crippen LogP) is 1.98. The van der Waals surface area contributed by atoms with E-state index in [-0.39, 0.29) is 29.7 Å². The first kappa shape index (κ1) is 20.9. The molecule has 1 aliphatic rings. The van der Waals surface area contributed by atoms with Gasteiger partial charge in [0.05, 0.1) is 5.75 Å². The molecule has 7 heteroatoms. The SMILES string of the molecule is CCC(CC)C1CCN(C(=NC)NCCS(C)(=O)=O)C1.I. The summed E-state index contributed by atoms with van der Waals surface area (Å²) in [5.74, 6) is 2.50. The van der Waals surface area contributed by atoms with Crippen molar-refractivity contribution >= 4 is 39.8 Å². The monoisotopic (exact) mass is 431 g/mol. The lowest BCUT2D eigenvalue weighted by atomic mass is 9.87. The number of rotatable bonds is 6. The molecule has 0 bridgehead atoms. The van der Waals surface area contributed by atoms with Crippen molar-refractivity contribution < 1.29 is 8.42 Å². The fourth-order valence-electron chi connectivity index (χ4n) is 3.00. The average molecular weight is 431 g/mol. The van der Waals surface area contributed by atoms with E-state index in [0.717, 1.165) is 30.9 Å². The number of guanidine groups is 1. The van der Waals surface area contributed by atoms with Crippen LogP contribution in [-0.2, 0) is 9.84 Å². The van der Waals surface area contributed by atoms with Gasteiger partial charge in [0.2, 0.25) is 0 Å². The number of hydrogen-bond donors (Lipinski definition) is 1. The molecule has 0 aromatic rings. The number of sulfone groups is 1. The molecule has 1 heterocycles. The molecule has 1 rings (SSSR count). The topological polar surface area (TPSA) is 61.8 Å². The Morgan fingerprint density at radius 3 is 2.48 bits per heavy atom. The van der Waals surface area contributed by atoms with Crippen molar-refractivity contribution in [2.24, 2.45) is 16.8 Å². The average Bonchev–Trinajstić information content (AvgIpc) is 2.84. The molecule has 5 nitrogen and oxygen atoms in total. The first-order chi connectivity index (χ1) is 9.41. The van der Waals surface area contributed by atoms with Gasteiger partial charge in [-0.25, -0.2) is 8.42 Å². The van der Waals surface area contributed by atoms with Crippen molar-refractivity contribution in [3.8, 4) is 0 Å². The molecule has 1 saturated heterocycles. The van der Waals surface area contributed by atoms with Crippen LogP contribution in [0.4, 0.5) is 0 Å². The third-order valence-electron chi connectivity index (χ3n) is 4.21. The van der Waals surface area contributed by atoms with E-state index in [4.69, 9.17) is 0 Å². The summed E-state index contributed by atoms with van der Waals surface area (Å²) in [6, 6.07) is 0. The Hall–Kier alpha value is -0.0500. The molecular formula is C14H30IN3O2S. The molecule has 0 aromatic heterocycles. The Bertz CT molecular complexity index is 422. The standard InChI is InChI=1S/C14H29N3O2S.HI/c1-5-12(6-2)13-7-9-17(11-13)14(15-3)16-8-10-20(4,18)19;/h12-13H,5-11H2,1-4H3,(H,15,16);1H. The Kier molecular flexibility index (Phi) is 9.84. The number of aliphatic imine (C=N–C) groups is 1. The van der Waals surface area contributed by atoms with Gasteiger partial charge in [-0.2, -0.15) is 0 Å². The molecule has 1 fully saturated rings. The van der Waals surface area contributed by atoms with E-state index in [1.807, 2.05) is 0 Å². The molecule has 1 unspecified atom stereocenters. The Morgan fingerprint density at radius 2 is 2.00 bits per heavy atom. The summed E-state index contributed by atoms with van der Waals surface area (Å²) in [6.07, 6.45) is 4.93. The highest BCUT2D eigenvalue weighted by molar-refractivity contribution is 14.0. The maximum Gasteiger partial charge on any atom is 0.193 e. The van der Waals surface area contributed by atoms with E-state index in [0.29, 0.717) is 6.54 Å². The molecule has 0 aliphatic carbocycles. The number of likely N-dealkylation sites (tertiary alicyclic amines) is 1. The highest BCUT2D eigenvalue weighted by Crippen LogP contribution is 2.28. The maximum atomic E-state index is 11.1. The van der Waals surface area contributed by atoms with Crippen molar-refractivity contribution in [2.45, 2.75) is 33.1 Å². The first-order valence-corrected chi connectivity index (χ1v) is 9.60. The second-order valence-electron chi connectivity index (χ2n) is 5.68. The Morgan fingerprint density at radius 1 is 1.38 bits per heavy atom. The molecule has 21 heavy (non-hydrogen) atoms. The molecule has 1 aliphatic heterocycles. The normalized spacial score (nSPS) is 19.8. The third kappa shape index (κ3) is 7.17. The van der Waals surface area contributed by atoms with Crippen molar-refractivity contribution in [1.29, 1.82) is 0 Å². The second kappa shape index (κ2) is 9.86. The van der Waals surface area contributed by atoms with Gasteiger partial charge in [-0.15, -0.1) is 24.0 Å². The largest absolute Gasteiger partial charge is 0.355 e. The second-order valence-corrected chi connectivity index (χ2v) is 7.93. The Balaban J connectivity index is 0.00000400. The molecule has 1 atom stereocenters. The van der Waals surface area contributed by atoms with Crippen LogP contribution < -0.4 is 5.32 Å². The number of nitrogens with one attached hydrogen (secondary N) is 1. The fraction of sp³-hybridized carbons (Fsp3) is 0.929. The van der Waals surface area contributed by atoms with E-state index in [1.165, 1.54) is 25.5 Å². The van der Waals surface area contributed by atoms with E-state index < -0.39 is 9.84 Å². The summed E-state index contributed by atoms with van der Waals surface area (Å²) >= 11 is 0. The zero-order valence-corrected chi connectivity index (χ0v) is 16.8. The van der Waals surface area contributed by atoms with Crippen molar-refractivity contribution in [3.05, 3.63) is 0 Å². The fourth-order valence-corrected chi connectivity index (χ4v) is 3.47. The van der Waals surface area contributed by atoms with Gasteiger partial charge in [0.25, 0.3) is 0 Å². The zero-order valence-electron chi connectivity index (χ0n) is 13.6. The predicted molar refractivity (Wildman–Crippen MR) is 100 cm³/mol. The summed E-state index contributed by atoms with van der Waals surface area (Å²) in [5, 5.41) is 3.16. The van der Waals surface area contributed by atoms with Crippen LogP contribution in [0.2, 0.25) is 0 Å². The van der Waals surface area contributed by atoms with Crippen LogP contribution in [0.1, 0.15) is 33.1 Å². The highest BCUT2D eigenvalue weighted by atomic mass is 127. The van der Waals surface area contributed by atoms with Crippen LogP contribution in [0.3, 0.4) is 0 Å². The van der Waals surface area contributed by atoms with Crippen molar-refractivity contribution in [1.82, 2.24) is 10.2 Å². The highest BCUT2D eigenvalue weighted by Gasteiger charge is 2.29. The molecule has 0 aromatic carbocycles. The van der Waals surface area contributed by atoms with Crippen LogP contribution in [-0.4, -0.2) is 58.0 Å². The van der Waals surface area contributed by atoms with Crippen LogP contribution in [0.5, 0.6) is 0 Å². The lowest BCUT2D eigenvalue weighted by Crippen LogP contribution is -2.42. The van der Waals surface area contributed by atoms with Gasteiger partial charge in [0, 0.05) is 32.9 Å². The third-order valence-corrected chi connectivity index (χ3v) is 5.15. The number of hydrogen-bond acceptors (Lipinski definition) is 3. The molecule has 0 amide bonds. The van der Waals surface area contributed by atoms with Gasteiger partial charge >= 0.3 is 0 Å². The molecule has 0 saturated carbocycles. The van der Waals surface area contributed by atoms with Crippen LogP contribution in [0.15, 0.2) is 4.99 Å². The van der Waals surface area contributed by atoms with E-state index >= 15 is 0 Å². The summed E-state index contributed by atoms with van der Waals surface area (Å²) in [6.45, 7) is 6.99. The summed E-state index contributed by atoms with van der Waals surface area (Å²) in [4.78, 5) is 6.53. The van der Waals surface area contributed by atoms with Gasteiger partial charge in [-0.3, -0.25) is 4.99 Å². The van der Waals surface area contributed by atoms with Gasteiger partial charge in [-0.1, -0.05) is 26.7 Å². The number of nitrogens with zero attached hydrogens (tertiary/aromatic N) is 2. The summed E-state index contributed by atoms with van der Waals surface area (Å²) in [5.41, 5.74) is 0. The molecule has 126 valence electrons. The summed E-state index contributed by atoms with van der Waals surface area (Å²) in [7, 11) is -1.16. The van der Waals surface area contributed by atoms with Crippen molar-refractivity contribution in [2.75, 3.05) is 38.7 Å². The lowest BCUT2D eigenvalue weighted by Gasteiger charge is -2.24. The van der Waals surface area contributed by atoms with Gasteiger partial charge in [-0.05, 0) is 18.3 Å². The van der Waals surface area contributed by atoms with Crippen LogP contribution in [0, 0.1) is 11.8 Å². The minimum atomic E-state index is -2.92. The lowest BCUT2D eigenvalue weighted by molar-refractivity contribution is 0.319. The molecular weight excluding hydrogens is 401 g/mol. The van der Waals surface area contributed by atoms with E-state index in [9.17, 15) is 8.42 Å². The quantitative estimate of drug-likeness (QED) is 0.397. The van der Waals surface area contributed by atoms with Crippen molar-refractivity contribution in [3.63, 3.8) is 0 Å². The first-order valence-electron chi connectivity index (χ1n) is 7.54. The van der Waals surface area contributed by atoms with Gasteiger partial charge in [0.1, 0.15) is 9.84 Å². The Labute approximate surface area is 146 Å². The molecule has 1 N–H and O–H groups in total. The maximum absolute atomic E-state index is 11.1. The minimum Gasteiger partial charge on any atom is -0.355 e. The van der Waals surface area contributed by atoms with Gasteiger partial charge < -0.3 is 10.2 Å². The minimum absolute atomic E-state index is 0. The van der Waals surface area contributed by atoms with E-state index in [2.05, 4.69) is 29.1 Å². The smallest absolute Gasteiger partial charge is 0.193 e.